The van der Waals surface area contributed by atoms with Gasteiger partial charge in [0.1, 0.15) is 10.7 Å². The quantitative estimate of drug-likeness (QED) is 0.709. The Hall–Kier alpha value is -2.37. The van der Waals surface area contributed by atoms with E-state index < -0.39 is 27.2 Å². The zero-order valence-electron chi connectivity index (χ0n) is 13.0. The van der Waals surface area contributed by atoms with Crippen LogP contribution in [-0.2, 0) is 15.6 Å². The van der Waals surface area contributed by atoms with Crippen molar-refractivity contribution in [2.24, 2.45) is 0 Å². The largest absolute Gasteiger partial charge is 0.505 e. The Bertz CT molecular complexity index is 1020. The summed E-state index contributed by atoms with van der Waals surface area (Å²) in [4.78, 5) is -0.315. The van der Waals surface area contributed by atoms with Crippen LogP contribution < -0.4 is 0 Å². The molecule has 0 aliphatic rings. The zero-order valence-corrected chi connectivity index (χ0v) is 14.6. The first-order valence-electron chi connectivity index (χ1n) is 7.42. The Morgan fingerprint density at radius 1 is 0.920 bits per heavy atom. The molecule has 0 aliphatic carbocycles. The number of sulfone groups is 1. The van der Waals surface area contributed by atoms with Crippen LogP contribution in [0.1, 0.15) is 5.56 Å². The van der Waals surface area contributed by atoms with Crippen molar-refractivity contribution in [3.63, 3.8) is 0 Å². The minimum absolute atomic E-state index is 0.0285. The number of halogens is 2. The fourth-order valence-corrected chi connectivity index (χ4v) is 4.23. The van der Waals surface area contributed by atoms with Crippen molar-refractivity contribution in [2.45, 2.75) is 10.6 Å². The molecule has 25 heavy (non-hydrogen) atoms. The van der Waals surface area contributed by atoms with Crippen LogP contribution in [0.2, 0.25) is 5.02 Å². The molecule has 0 aromatic heterocycles. The summed E-state index contributed by atoms with van der Waals surface area (Å²) in [5.41, 5.74) is 1.59. The van der Waals surface area contributed by atoms with E-state index in [1.807, 2.05) is 30.3 Å². The number of phenolic OH excluding ortho intramolecular Hbond substituents is 1. The second-order valence-corrected chi connectivity index (χ2v) is 7.88. The van der Waals surface area contributed by atoms with Crippen LogP contribution in [0.15, 0.2) is 71.6 Å². The molecule has 3 aromatic rings. The molecule has 3 aromatic carbocycles. The van der Waals surface area contributed by atoms with Crippen molar-refractivity contribution >= 4 is 21.4 Å². The number of hydrogen-bond donors (Lipinski definition) is 1. The molecule has 0 unspecified atom stereocenters. The lowest BCUT2D eigenvalue weighted by Crippen LogP contribution is -2.07. The predicted octanol–water partition coefficient (Wildman–Crippen LogP) is 4.83. The first kappa shape index (κ1) is 17.5. The van der Waals surface area contributed by atoms with Crippen molar-refractivity contribution in [1.82, 2.24) is 0 Å². The highest BCUT2D eigenvalue weighted by molar-refractivity contribution is 7.90. The molecule has 0 atom stereocenters. The zero-order chi connectivity index (χ0) is 18.0. The summed E-state index contributed by atoms with van der Waals surface area (Å²) < 4.78 is 39.3. The van der Waals surface area contributed by atoms with E-state index in [1.165, 1.54) is 30.3 Å². The van der Waals surface area contributed by atoms with Gasteiger partial charge >= 0.3 is 0 Å². The minimum atomic E-state index is -3.96. The standard InChI is InChI=1S/C19H14ClFO3S/c20-16-7-4-8-18(19(16)22)25(23,24)12-15-11-14(9-10-17(15)21)13-5-2-1-3-6-13/h1-11,22H,12H2. The predicted molar refractivity (Wildman–Crippen MR) is 95.8 cm³/mol. The van der Waals surface area contributed by atoms with Gasteiger partial charge in [-0.15, -0.1) is 0 Å². The van der Waals surface area contributed by atoms with Crippen LogP contribution in [-0.4, -0.2) is 13.5 Å². The Balaban J connectivity index is 2.01. The van der Waals surface area contributed by atoms with Gasteiger partial charge in [-0.25, -0.2) is 12.8 Å². The highest BCUT2D eigenvalue weighted by Gasteiger charge is 2.22. The molecule has 0 aliphatic heterocycles. The smallest absolute Gasteiger partial charge is 0.186 e. The van der Waals surface area contributed by atoms with Crippen molar-refractivity contribution in [3.8, 4) is 16.9 Å². The number of hydrogen-bond acceptors (Lipinski definition) is 3. The fourth-order valence-electron chi connectivity index (χ4n) is 2.52. The Morgan fingerprint density at radius 2 is 1.64 bits per heavy atom. The van der Waals surface area contributed by atoms with E-state index in [2.05, 4.69) is 0 Å². The average molecular weight is 377 g/mol. The van der Waals surface area contributed by atoms with Gasteiger partial charge in [-0.05, 0) is 35.4 Å². The second kappa shape index (κ2) is 6.86. The Labute approximate surface area is 150 Å². The van der Waals surface area contributed by atoms with Crippen LogP contribution >= 0.6 is 11.6 Å². The summed E-state index contributed by atoms with van der Waals surface area (Å²) in [5.74, 6) is -1.72. The summed E-state index contributed by atoms with van der Waals surface area (Å²) >= 11 is 5.77. The van der Waals surface area contributed by atoms with Crippen LogP contribution in [0.5, 0.6) is 5.75 Å². The van der Waals surface area contributed by atoms with Crippen molar-refractivity contribution in [2.75, 3.05) is 0 Å². The van der Waals surface area contributed by atoms with Crippen LogP contribution in [0.3, 0.4) is 0 Å². The highest BCUT2D eigenvalue weighted by atomic mass is 35.5. The summed E-state index contributed by atoms with van der Waals surface area (Å²) in [6.07, 6.45) is 0. The second-order valence-electron chi connectivity index (χ2n) is 5.52. The first-order valence-corrected chi connectivity index (χ1v) is 9.45. The van der Waals surface area contributed by atoms with Crippen LogP contribution in [0.4, 0.5) is 4.39 Å². The van der Waals surface area contributed by atoms with Crippen LogP contribution in [0.25, 0.3) is 11.1 Å². The van der Waals surface area contributed by atoms with Gasteiger partial charge in [-0.1, -0.05) is 54.1 Å². The molecule has 0 saturated heterocycles. The van der Waals surface area contributed by atoms with Crippen LogP contribution in [0, 0.1) is 5.82 Å². The van der Waals surface area contributed by atoms with E-state index in [0.717, 1.165) is 5.56 Å². The molecule has 0 amide bonds. The molecule has 0 saturated carbocycles. The van der Waals surface area contributed by atoms with E-state index in [9.17, 15) is 17.9 Å². The van der Waals surface area contributed by atoms with Gasteiger partial charge in [-0.2, -0.15) is 0 Å². The lowest BCUT2D eigenvalue weighted by Gasteiger charge is -2.10. The molecule has 0 spiro atoms. The third kappa shape index (κ3) is 3.67. The molecule has 0 radical (unpaired) electrons. The molecule has 1 N–H and O–H groups in total. The van der Waals surface area contributed by atoms with E-state index in [-0.39, 0.29) is 15.5 Å². The lowest BCUT2D eigenvalue weighted by molar-refractivity contribution is 0.459. The monoisotopic (exact) mass is 376 g/mol. The third-order valence-corrected chi connectivity index (χ3v) is 5.78. The highest BCUT2D eigenvalue weighted by Crippen LogP contribution is 2.33. The number of rotatable bonds is 4. The molecule has 6 heteroatoms. The maximum atomic E-state index is 14.2. The van der Waals surface area contributed by atoms with Gasteiger partial charge in [0.2, 0.25) is 0 Å². The fraction of sp³-hybridized carbons (Fsp3) is 0.0526. The average Bonchev–Trinajstić information content (AvgIpc) is 2.59. The number of aromatic hydroxyl groups is 1. The minimum Gasteiger partial charge on any atom is -0.505 e. The Morgan fingerprint density at radius 3 is 2.36 bits per heavy atom. The van der Waals surface area contributed by atoms with E-state index in [1.54, 1.807) is 6.07 Å². The Kier molecular flexibility index (Phi) is 4.79. The molecular weight excluding hydrogens is 363 g/mol. The molecule has 3 nitrogen and oxygen atoms in total. The lowest BCUT2D eigenvalue weighted by atomic mass is 10.0. The van der Waals surface area contributed by atoms with Gasteiger partial charge < -0.3 is 5.11 Å². The van der Waals surface area contributed by atoms with E-state index in [0.29, 0.717) is 5.56 Å². The maximum absolute atomic E-state index is 14.2. The van der Waals surface area contributed by atoms with Gasteiger partial charge in [0.25, 0.3) is 0 Å². The van der Waals surface area contributed by atoms with E-state index >= 15 is 0 Å². The normalized spacial score (nSPS) is 11.4. The summed E-state index contributed by atoms with van der Waals surface area (Å²) in [5, 5.41) is 9.84. The number of benzene rings is 3. The number of phenols is 1. The molecule has 0 bridgehead atoms. The maximum Gasteiger partial charge on any atom is 0.186 e. The van der Waals surface area contributed by atoms with Crippen molar-refractivity contribution < 1.29 is 17.9 Å². The molecule has 128 valence electrons. The van der Waals surface area contributed by atoms with Gasteiger partial charge in [0.15, 0.2) is 15.6 Å². The summed E-state index contributed by atoms with van der Waals surface area (Å²) in [6, 6.07) is 17.7. The molecule has 3 rings (SSSR count). The van der Waals surface area contributed by atoms with Crippen molar-refractivity contribution in [1.29, 1.82) is 0 Å². The molecular formula is C19H14ClFO3S. The number of para-hydroxylation sites is 1. The summed E-state index contributed by atoms with van der Waals surface area (Å²) in [6.45, 7) is 0. The topological polar surface area (TPSA) is 54.4 Å². The molecule has 0 fully saturated rings. The third-order valence-electron chi connectivity index (χ3n) is 3.78. The van der Waals surface area contributed by atoms with Crippen molar-refractivity contribution in [3.05, 3.63) is 83.1 Å². The SMILES string of the molecule is O=S(=O)(Cc1cc(-c2ccccc2)ccc1F)c1cccc(Cl)c1O. The first-order chi connectivity index (χ1) is 11.9. The van der Waals surface area contributed by atoms with Gasteiger partial charge in [-0.3, -0.25) is 0 Å². The molecule has 0 heterocycles. The van der Waals surface area contributed by atoms with E-state index in [4.69, 9.17) is 11.6 Å². The summed E-state index contributed by atoms with van der Waals surface area (Å²) in [7, 11) is -3.96. The van der Waals surface area contributed by atoms with Gasteiger partial charge in [0, 0.05) is 5.56 Å². The van der Waals surface area contributed by atoms with Gasteiger partial charge in [0.05, 0.1) is 10.8 Å².